The summed E-state index contributed by atoms with van der Waals surface area (Å²) in [5, 5.41) is 0.269. The standard InChI is InChI=1S/C32H29ClF4N4O6/c1-31(21-8-7-20(33)17-22(21)34)46-26-5-3-4-24(28(26)47-31)40-12-10-39(11-13-40)18-27-38-23-9-6-19(16-25(23)41(27)14-15-44-2)29(42)45-30(43)32(35,36)37/h3-9,16-17H,10-15,18H2,1-2H3. The molecule has 0 N–H and O–H groups in total. The molecule has 0 radical (unpaired) electrons. The minimum Gasteiger partial charge on any atom is -0.444 e. The average Bonchev–Trinajstić information content (AvgIpc) is 3.55. The minimum absolute atomic E-state index is 0.217. The number of nitrogens with zero attached hydrogens (tertiary/aromatic N) is 4. The van der Waals surface area contributed by atoms with Crippen molar-refractivity contribution in [2.24, 2.45) is 0 Å². The summed E-state index contributed by atoms with van der Waals surface area (Å²) in [7, 11) is 1.53. The Kier molecular flexibility index (Phi) is 8.76. The van der Waals surface area contributed by atoms with Crippen molar-refractivity contribution in [3.8, 4) is 11.5 Å². The Balaban J connectivity index is 1.16. The van der Waals surface area contributed by atoms with Crippen LogP contribution in [0.4, 0.5) is 23.2 Å². The van der Waals surface area contributed by atoms with Crippen LogP contribution in [0.25, 0.3) is 11.0 Å². The number of esters is 2. The van der Waals surface area contributed by atoms with Gasteiger partial charge < -0.3 is 28.4 Å². The number of imidazole rings is 1. The lowest BCUT2D eigenvalue weighted by Gasteiger charge is -2.36. The zero-order valence-electron chi connectivity index (χ0n) is 25.3. The normalized spacial score (nSPS) is 18.1. The second-order valence-corrected chi connectivity index (χ2v) is 11.6. The Labute approximate surface area is 271 Å². The molecule has 248 valence electrons. The van der Waals surface area contributed by atoms with Gasteiger partial charge in [-0.1, -0.05) is 17.7 Å². The molecule has 3 aromatic carbocycles. The van der Waals surface area contributed by atoms with E-state index in [2.05, 4.69) is 14.5 Å². The maximum absolute atomic E-state index is 14.8. The largest absolute Gasteiger partial charge is 0.491 e. The number of ether oxygens (including phenoxy) is 4. The van der Waals surface area contributed by atoms with Crippen LogP contribution in [0.2, 0.25) is 5.02 Å². The number of methoxy groups -OCH3 is 1. The van der Waals surface area contributed by atoms with E-state index in [1.54, 1.807) is 25.1 Å². The van der Waals surface area contributed by atoms with E-state index in [0.717, 1.165) is 5.69 Å². The number of alkyl halides is 3. The van der Waals surface area contributed by atoms with Gasteiger partial charge in [-0.2, -0.15) is 13.2 Å². The number of piperazine rings is 1. The Morgan fingerprint density at radius 2 is 1.81 bits per heavy atom. The number of fused-ring (bicyclic) bond motifs is 2. The number of halogens is 5. The zero-order valence-corrected chi connectivity index (χ0v) is 26.0. The monoisotopic (exact) mass is 676 g/mol. The van der Waals surface area contributed by atoms with Gasteiger partial charge in [0.15, 0.2) is 11.5 Å². The highest BCUT2D eigenvalue weighted by Gasteiger charge is 2.44. The number of carbonyl (C=O) groups is 2. The molecule has 0 amide bonds. The summed E-state index contributed by atoms with van der Waals surface area (Å²) < 4.78 is 76.1. The van der Waals surface area contributed by atoms with E-state index >= 15 is 0 Å². The molecule has 2 aliphatic rings. The SMILES string of the molecule is COCCn1c(CN2CCN(c3cccc4c3OC(C)(c3ccc(Cl)cc3F)O4)CC2)nc2ccc(C(=O)OC(=O)C(F)(F)F)cc21. The smallest absolute Gasteiger partial charge is 0.444 e. The molecule has 1 saturated heterocycles. The Morgan fingerprint density at radius 1 is 1.04 bits per heavy atom. The summed E-state index contributed by atoms with van der Waals surface area (Å²) in [5.41, 5.74) is 1.83. The molecule has 10 nitrogen and oxygen atoms in total. The number of para-hydroxylation sites is 1. The van der Waals surface area contributed by atoms with Crippen molar-refractivity contribution in [3.05, 3.63) is 82.4 Å². The third kappa shape index (κ3) is 6.58. The first-order valence-corrected chi connectivity index (χ1v) is 15.0. The number of hydrogen-bond donors (Lipinski definition) is 0. The Bertz CT molecular complexity index is 1840. The molecule has 0 aliphatic carbocycles. The zero-order chi connectivity index (χ0) is 33.5. The summed E-state index contributed by atoms with van der Waals surface area (Å²) in [6, 6.07) is 14.0. The summed E-state index contributed by atoms with van der Waals surface area (Å²) in [6.07, 6.45) is -5.30. The molecule has 0 saturated carbocycles. The fourth-order valence-corrected chi connectivity index (χ4v) is 5.89. The number of carbonyl (C=O) groups excluding carboxylic acids is 2. The second-order valence-electron chi connectivity index (χ2n) is 11.2. The maximum Gasteiger partial charge on any atom is 0.491 e. The fraction of sp³-hybridized carbons (Fsp3) is 0.344. The van der Waals surface area contributed by atoms with Gasteiger partial charge in [0.1, 0.15) is 11.6 Å². The highest BCUT2D eigenvalue weighted by molar-refractivity contribution is 6.30. The van der Waals surface area contributed by atoms with Crippen LogP contribution in [-0.4, -0.2) is 72.5 Å². The van der Waals surface area contributed by atoms with Gasteiger partial charge in [-0.05, 0) is 48.5 Å². The van der Waals surface area contributed by atoms with Crippen molar-refractivity contribution in [2.75, 3.05) is 44.8 Å². The van der Waals surface area contributed by atoms with E-state index in [4.69, 9.17) is 30.8 Å². The molecule has 15 heteroatoms. The lowest BCUT2D eigenvalue weighted by molar-refractivity contribution is -0.193. The third-order valence-electron chi connectivity index (χ3n) is 8.06. The van der Waals surface area contributed by atoms with Crippen LogP contribution in [-0.2, 0) is 33.1 Å². The molecule has 3 heterocycles. The van der Waals surface area contributed by atoms with Gasteiger partial charge in [-0.25, -0.2) is 19.0 Å². The number of benzene rings is 3. The quantitative estimate of drug-likeness (QED) is 0.133. The average molecular weight is 677 g/mol. The maximum atomic E-state index is 14.8. The third-order valence-corrected chi connectivity index (χ3v) is 8.29. The van der Waals surface area contributed by atoms with Crippen molar-refractivity contribution in [1.82, 2.24) is 14.5 Å². The van der Waals surface area contributed by atoms with Gasteiger partial charge in [0.25, 0.3) is 5.79 Å². The first kappa shape index (κ1) is 32.5. The minimum atomic E-state index is -5.30. The topological polar surface area (TPSA) is 95.4 Å². The van der Waals surface area contributed by atoms with Crippen molar-refractivity contribution in [2.45, 2.75) is 32.0 Å². The molecule has 1 aromatic heterocycles. The van der Waals surface area contributed by atoms with Gasteiger partial charge in [-0.15, -0.1) is 0 Å². The van der Waals surface area contributed by atoms with Crippen LogP contribution in [0.3, 0.4) is 0 Å². The van der Waals surface area contributed by atoms with Gasteiger partial charge in [0, 0.05) is 51.8 Å². The van der Waals surface area contributed by atoms with E-state index in [-0.39, 0.29) is 16.1 Å². The van der Waals surface area contributed by atoms with Crippen LogP contribution in [0, 0.1) is 5.82 Å². The molecular formula is C32H29ClF4N4O6. The van der Waals surface area contributed by atoms with Crippen LogP contribution in [0.5, 0.6) is 11.5 Å². The molecule has 2 aliphatic heterocycles. The molecule has 4 aromatic rings. The number of aromatic nitrogens is 2. The van der Waals surface area contributed by atoms with Gasteiger partial charge in [-0.3, -0.25) is 4.90 Å². The highest BCUT2D eigenvalue weighted by atomic mass is 35.5. The summed E-state index contributed by atoms with van der Waals surface area (Å²) >= 11 is 5.94. The Morgan fingerprint density at radius 3 is 2.51 bits per heavy atom. The van der Waals surface area contributed by atoms with Crippen LogP contribution < -0.4 is 14.4 Å². The molecule has 47 heavy (non-hydrogen) atoms. The fourth-order valence-electron chi connectivity index (χ4n) is 5.73. The molecule has 6 rings (SSSR count). The number of anilines is 1. The molecule has 1 fully saturated rings. The first-order chi connectivity index (χ1) is 22.4. The second kappa shape index (κ2) is 12.7. The lowest BCUT2D eigenvalue weighted by Crippen LogP contribution is -2.46. The molecule has 0 spiro atoms. The van der Waals surface area contributed by atoms with Gasteiger partial charge in [0.2, 0.25) is 0 Å². The highest BCUT2D eigenvalue weighted by Crippen LogP contribution is 2.50. The number of rotatable bonds is 8. The van der Waals surface area contributed by atoms with Crippen molar-refractivity contribution >= 4 is 40.3 Å². The molecule has 0 bridgehead atoms. The predicted octanol–water partition coefficient (Wildman–Crippen LogP) is 5.69. The van der Waals surface area contributed by atoms with Crippen LogP contribution in [0.15, 0.2) is 54.6 Å². The van der Waals surface area contributed by atoms with Crippen LogP contribution in [0.1, 0.15) is 28.7 Å². The van der Waals surface area contributed by atoms with Crippen molar-refractivity contribution in [1.29, 1.82) is 0 Å². The van der Waals surface area contributed by atoms with E-state index in [0.29, 0.717) is 74.2 Å². The van der Waals surface area contributed by atoms with Gasteiger partial charge >= 0.3 is 18.1 Å². The summed E-state index contributed by atoms with van der Waals surface area (Å²) in [5.74, 6) is -4.22. The Hall–Kier alpha value is -4.40. The van der Waals surface area contributed by atoms with E-state index < -0.39 is 29.7 Å². The van der Waals surface area contributed by atoms with Crippen molar-refractivity contribution < 1.29 is 46.1 Å². The molecular weight excluding hydrogens is 648 g/mol. The van der Waals surface area contributed by atoms with Gasteiger partial charge in [0.05, 0.1) is 41.0 Å². The van der Waals surface area contributed by atoms with E-state index in [1.807, 2.05) is 16.7 Å². The van der Waals surface area contributed by atoms with Crippen molar-refractivity contribution in [3.63, 3.8) is 0 Å². The molecule has 1 unspecified atom stereocenters. The van der Waals surface area contributed by atoms with Crippen LogP contribution >= 0.6 is 11.6 Å². The first-order valence-electron chi connectivity index (χ1n) is 14.6. The van der Waals surface area contributed by atoms with E-state index in [1.165, 1.54) is 31.4 Å². The summed E-state index contributed by atoms with van der Waals surface area (Å²) in [4.78, 5) is 32.6. The predicted molar refractivity (Wildman–Crippen MR) is 162 cm³/mol. The lowest BCUT2D eigenvalue weighted by atomic mass is 10.1. The van der Waals surface area contributed by atoms with E-state index in [9.17, 15) is 27.2 Å². The number of hydrogen-bond acceptors (Lipinski definition) is 9. The molecule has 1 atom stereocenters. The summed E-state index contributed by atoms with van der Waals surface area (Å²) in [6.45, 7) is 5.34.